The lowest BCUT2D eigenvalue weighted by Gasteiger charge is -2.13. The van der Waals surface area contributed by atoms with Gasteiger partial charge in [-0.3, -0.25) is 19.3 Å². The maximum Gasteiger partial charge on any atom is 0.323 e. The molecular formula is C17H14BrNO6S. The number of carbonyl (C=O) groups excluding carboxylic acids is 2. The van der Waals surface area contributed by atoms with Crippen LogP contribution in [0, 0.1) is 12.3 Å². The van der Waals surface area contributed by atoms with Crippen molar-refractivity contribution in [2.45, 2.75) is 6.92 Å². The minimum atomic E-state index is -1.26. The van der Waals surface area contributed by atoms with Crippen LogP contribution in [0.1, 0.15) is 12.5 Å². The third kappa shape index (κ3) is 4.59. The van der Waals surface area contributed by atoms with Crippen molar-refractivity contribution in [2.75, 3.05) is 19.8 Å². The average molecular weight is 440 g/mol. The third-order valence-electron chi connectivity index (χ3n) is 3.10. The number of benzene rings is 1. The van der Waals surface area contributed by atoms with Crippen molar-refractivity contribution < 1.29 is 29.0 Å². The molecule has 0 saturated carbocycles. The fourth-order valence-corrected chi connectivity index (χ4v) is 3.52. The van der Waals surface area contributed by atoms with E-state index in [1.807, 2.05) is 6.92 Å². The zero-order chi connectivity index (χ0) is 19.3. The van der Waals surface area contributed by atoms with E-state index >= 15 is 0 Å². The Morgan fingerprint density at radius 3 is 2.77 bits per heavy atom. The summed E-state index contributed by atoms with van der Waals surface area (Å²) in [7, 11) is 0. The Morgan fingerprint density at radius 1 is 1.42 bits per heavy atom. The number of imide groups is 1. The Labute approximate surface area is 162 Å². The van der Waals surface area contributed by atoms with Gasteiger partial charge in [0.25, 0.3) is 11.1 Å². The predicted octanol–water partition coefficient (Wildman–Crippen LogP) is 2.98. The SMILES string of the molecule is C#CCOc1c(Br)cc(/C=C2/SC(=O)N(CC(=O)O)C2=O)cc1OCC. The van der Waals surface area contributed by atoms with Crippen LogP contribution in [0.2, 0.25) is 0 Å². The van der Waals surface area contributed by atoms with E-state index in [1.165, 1.54) is 6.08 Å². The van der Waals surface area contributed by atoms with Crippen molar-refractivity contribution in [3.8, 4) is 23.8 Å². The van der Waals surface area contributed by atoms with Gasteiger partial charge in [-0.15, -0.1) is 6.42 Å². The Balaban J connectivity index is 2.35. The topological polar surface area (TPSA) is 93.1 Å². The fourth-order valence-electron chi connectivity index (χ4n) is 2.11. The minimum Gasteiger partial charge on any atom is -0.490 e. The highest BCUT2D eigenvalue weighted by molar-refractivity contribution is 9.10. The number of terminal acetylenes is 1. The molecule has 2 amide bonds. The zero-order valence-corrected chi connectivity index (χ0v) is 16.1. The molecule has 1 heterocycles. The van der Waals surface area contributed by atoms with Gasteiger partial charge in [0.15, 0.2) is 11.5 Å². The molecule has 1 aromatic carbocycles. The minimum absolute atomic E-state index is 0.0616. The summed E-state index contributed by atoms with van der Waals surface area (Å²) in [4.78, 5) is 35.6. The van der Waals surface area contributed by atoms with Crippen LogP contribution in [0.4, 0.5) is 4.79 Å². The lowest BCUT2D eigenvalue weighted by atomic mass is 10.2. The van der Waals surface area contributed by atoms with Gasteiger partial charge < -0.3 is 14.6 Å². The highest BCUT2D eigenvalue weighted by Gasteiger charge is 2.36. The molecule has 0 bridgehead atoms. The van der Waals surface area contributed by atoms with Gasteiger partial charge in [-0.2, -0.15) is 0 Å². The average Bonchev–Trinajstić information content (AvgIpc) is 2.81. The monoisotopic (exact) mass is 439 g/mol. The summed E-state index contributed by atoms with van der Waals surface area (Å²) in [5, 5.41) is 8.17. The molecule has 1 aliphatic heterocycles. The van der Waals surface area contributed by atoms with Gasteiger partial charge in [0.2, 0.25) is 0 Å². The maximum absolute atomic E-state index is 12.2. The summed E-state index contributed by atoms with van der Waals surface area (Å²) in [6.45, 7) is 1.58. The first-order chi connectivity index (χ1) is 12.4. The smallest absolute Gasteiger partial charge is 0.323 e. The van der Waals surface area contributed by atoms with Gasteiger partial charge in [-0.05, 0) is 58.4 Å². The molecule has 0 spiro atoms. The van der Waals surface area contributed by atoms with Gasteiger partial charge in [0.05, 0.1) is 16.0 Å². The molecule has 1 aromatic rings. The van der Waals surface area contributed by atoms with Crippen LogP contribution in [-0.4, -0.2) is 46.9 Å². The number of halogens is 1. The van der Waals surface area contributed by atoms with E-state index in [1.54, 1.807) is 12.1 Å². The molecule has 0 aromatic heterocycles. The third-order valence-corrected chi connectivity index (χ3v) is 4.59. The van der Waals surface area contributed by atoms with Crippen LogP contribution < -0.4 is 9.47 Å². The number of hydrogen-bond acceptors (Lipinski definition) is 6. The van der Waals surface area contributed by atoms with Gasteiger partial charge in [-0.1, -0.05) is 5.92 Å². The van der Waals surface area contributed by atoms with Crippen LogP contribution in [0.5, 0.6) is 11.5 Å². The Morgan fingerprint density at radius 2 is 2.15 bits per heavy atom. The van der Waals surface area contributed by atoms with Gasteiger partial charge in [-0.25, -0.2) is 0 Å². The van der Waals surface area contributed by atoms with E-state index in [2.05, 4.69) is 21.9 Å². The number of carboxylic acids is 1. The zero-order valence-electron chi connectivity index (χ0n) is 13.7. The molecule has 0 unspecified atom stereocenters. The molecular weight excluding hydrogens is 426 g/mol. The van der Waals surface area contributed by atoms with E-state index in [0.717, 1.165) is 0 Å². The van der Waals surface area contributed by atoms with Crippen molar-refractivity contribution in [3.05, 3.63) is 27.1 Å². The summed E-state index contributed by atoms with van der Waals surface area (Å²) >= 11 is 4.05. The van der Waals surface area contributed by atoms with Crippen LogP contribution in [-0.2, 0) is 9.59 Å². The lowest BCUT2D eigenvalue weighted by molar-refractivity contribution is -0.140. The molecule has 0 aliphatic carbocycles. The first-order valence-electron chi connectivity index (χ1n) is 7.37. The number of rotatable bonds is 7. The van der Waals surface area contributed by atoms with E-state index in [-0.39, 0.29) is 11.5 Å². The summed E-state index contributed by atoms with van der Waals surface area (Å²) < 4.78 is 11.6. The van der Waals surface area contributed by atoms with E-state index in [9.17, 15) is 14.4 Å². The van der Waals surface area contributed by atoms with Crippen molar-refractivity contribution in [2.24, 2.45) is 0 Å². The molecule has 136 valence electrons. The molecule has 0 radical (unpaired) electrons. The van der Waals surface area contributed by atoms with Gasteiger partial charge >= 0.3 is 5.97 Å². The van der Waals surface area contributed by atoms with Crippen LogP contribution >= 0.6 is 27.7 Å². The molecule has 2 rings (SSSR count). The predicted molar refractivity (Wildman–Crippen MR) is 100.0 cm³/mol. The summed E-state index contributed by atoms with van der Waals surface area (Å²) in [6, 6.07) is 3.32. The first kappa shape index (κ1) is 19.9. The summed E-state index contributed by atoms with van der Waals surface area (Å²) in [6.07, 6.45) is 6.70. The number of nitrogens with zero attached hydrogens (tertiary/aromatic N) is 1. The molecule has 0 atom stereocenters. The number of amides is 2. The van der Waals surface area contributed by atoms with Crippen LogP contribution in [0.15, 0.2) is 21.5 Å². The second kappa shape index (κ2) is 8.78. The maximum atomic E-state index is 12.2. The van der Waals surface area contributed by atoms with Gasteiger partial charge in [0, 0.05) is 0 Å². The molecule has 26 heavy (non-hydrogen) atoms. The Bertz CT molecular complexity index is 829. The van der Waals surface area contributed by atoms with Crippen molar-refractivity contribution in [1.29, 1.82) is 0 Å². The number of carbonyl (C=O) groups is 3. The molecule has 1 N–H and O–H groups in total. The van der Waals surface area contributed by atoms with Crippen molar-refractivity contribution in [1.82, 2.24) is 4.90 Å². The number of hydrogen-bond donors (Lipinski definition) is 1. The van der Waals surface area contributed by atoms with Crippen molar-refractivity contribution in [3.63, 3.8) is 0 Å². The quantitative estimate of drug-likeness (QED) is 0.515. The van der Waals surface area contributed by atoms with E-state index < -0.39 is 23.7 Å². The number of aliphatic carboxylic acids is 1. The normalized spacial score (nSPS) is 15.3. The highest BCUT2D eigenvalue weighted by atomic mass is 79.9. The Hall–Kier alpha value is -2.44. The number of ether oxygens (including phenoxy) is 2. The number of carboxylic acid groups (broad SMARTS) is 1. The number of thioether (sulfide) groups is 1. The molecule has 9 heteroatoms. The molecule has 1 fully saturated rings. The second-order valence-corrected chi connectivity index (χ2v) is 6.76. The fraction of sp³-hybridized carbons (Fsp3) is 0.235. The largest absolute Gasteiger partial charge is 0.490 e. The molecule has 1 saturated heterocycles. The standard InChI is InChI=1S/C17H14BrNO6S/c1-3-5-25-15-11(18)6-10(7-12(15)24-4-2)8-13-16(22)19(9-14(20)21)17(23)26-13/h1,6-8H,4-5,9H2,2H3,(H,20,21)/b13-8+. The molecule has 1 aliphatic rings. The molecule has 7 nitrogen and oxygen atoms in total. The van der Waals surface area contributed by atoms with Crippen LogP contribution in [0.25, 0.3) is 6.08 Å². The first-order valence-corrected chi connectivity index (χ1v) is 8.98. The highest BCUT2D eigenvalue weighted by Crippen LogP contribution is 2.39. The van der Waals surface area contributed by atoms with E-state index in [4.69, 9.17) is 21.0 Å². The lowest BCUT2D eigenvalue weighted by Crippen LogP contribution is -2.33. The Kier molecular flexibility index (Phi) is 6.71. The summed E-state index contributed by atoms with van der Waals surface area (Å²) in [5.74, 6) is 1.32. The summed E-state index contributed by atoms with van der Waals surface area (Å²) in [5.41, 5.74) is 0.578. The van der Waals surface area contributed by atoms with Crippen LogP contribution in [0.3, 0.4) is 0 Å². The van der Waals surface area contributed by atoms with Crippen molar-refractivity contribution >= 4 is 50.9 Å². The van der Waals surface area contributed by atoms with Gasteiger partial charge in [0.1, 0.15) is 13.2 Å². The second-order valence-electron chi connectivity index (χ2n) is 4.92. The van der Waals surface area contributed by atoms with E-state index in [0.29, 0.717) is 44.8 Å².